The predicted octanol–water partition coefficient (Wildman–Crippen LogP) is 2.81. The zero-order valence-corrected chi connectivity index (χ0v) is 13.8. The zero-order valence-electron chi connectivity index (χ0n) is 12.2. The van der Waals surface area contributed by atoms with Gasteiger partial charge in [-0.2, -0.15) is 0 Å². The summed E-state index contributed by atoms with van der Waals surface area (Å²) in [7, 11) is 0. The van der Waals surface area contributed by atoms with E-state index in [4.69, 9.17) is 23.2 Å². The van der Waals surface area contributed by atoms with E-state index in [-0.39, 0.29) is 0 Å². The highest BCUT2D eigenvalue weighted by Gasteiger charge is 2.17. The van der Waals surface area contributed by atoms with Crippen LogP contribution in [0.1, 0.15) is 0 Å². The van der Waals surface area contributed by atoms with Crippen molar-refractivity contribution in [2.75, 3.05) is 36.4 Å². The molecule has 8 heteroatoms. The Morgan fingerprint density at radius 2 is 1.83 bits per heavy atom. The van der Waals surface area contributed by atoms with E-state index >= 15 is 0 Å². The number of benzene rings is 1. The number of anilines is 3. The molecular weight excluding hydrogens is 337 g/mol. The molecule has 120 valence electrons. The number of carbonyl (C=O) groups excluding carboxylic acids is 1. The van der Waals surface area contributed by atoms with Gasteiger partial charge in [-0.25, -0.2) is 9.97 Å². The Morgan fingerprint density at radius 1 is 1.04 bits per heavy atom. The molecular formula is C15H15Cl2N5O. The number of nitrogens with one attached hydrogen (secondary N) is 1. The maximum Gasteiger partial charge on any atom is 0.209 e. The van der Waals surface area contributed by atoms with Crippen LogP contribution in [0.4, 0.5) is 17.3 Å². The Kier molecular flexibility index (Phi) is 4.83. The normalized spacial score (nSPS) is 14.7. The summed E-state index contributed by atoms with van der Waals surface area (Å²) in [5.74, 6) is 1.50. The van der Waals surface area contributed by atoms with Crippen molar-refractivity contribution in [2.24, 2.45) is 0 Å². The lowest BCUT2D eigenvalue weighted by molar-refractivity contribution is -0.118. The third kappa shape index (κ3) is 3.83. The molecule has 1 aliphatic rings. The molecule has 0 atom stereocenters. The topological polar surface area (TPSA) is 61.4 Å². The van der Waals surface area contributed by atoms with Gasteiger partial charge in [0.05, 0.1) is 10.0 Å². The van der Waals surface area contributed by atoms with E-state index in [1.54, 1.807) is 17.0 Å². The monoisotopic (exact) mass is 351 g/mol. The minimum absolute atomic E-state index is 0.482. The average molecular weight is 352 g/mol. The number of piperazine rings is 1. The summed E-state index contributed by atoms with van der Waals surface area (Å²) in [5.41, 5.74) is 0.801. The van der Waals surface area contributed by atoms with Crippen molar-refractivity contribution in [1.29, 1.82) is 0 Å². The second-order valence-electron chi connectivity index (χ2n) is 5.14. The molecule has 1 amide bonds. The first-order valence-corrected chi connectivity index (χ1v) is 7.90. The van der Waals surface area contributed by atoms with Gasteiger partial charge in [0.15, 0.2) is 0 Å². The predicted molar refractivity (Wildman–Crippen MR) is 91.6 cm³/mol. The molecule has 0 unspecified atom stereocenters. The van der Waals surface area contributed by atoms with Gasteiger partial charge in [0.1, 0.15) is 18.0 Å². The summed E-state index contributed by atoms with van der Waals surface area (Å²) in [6, 6.07) is 7.18. The number of nitrogens with zero attached hydrogens (tertiary/aromatic N) is 4. The first kappa shape index (κ1) is 15.8. The lowest BCUT2D eigenvalue weighted by Crippen LogP contribution is -2.46. The molecule has 0 bridgehead atoms. The van der Waals surface area contributed by atoms with Gasteiger partial charge < -0.3 is 15.1 Å². The summed E-state index contributed by atoms with van der Waals surface area (Å²) in [6.07, 6.45) is 2.40. The minimum atomic E-state index is 0.482. The van der Waals surface area contributed by atoms with Crippen molar-refractivity contribution in [3.63, 3.8) is 0 Å². The van der Waals surface area contributed by atoms with Crippen molar-refractivity contribution >= 4 is 46.9 Å². The summed E-state index contributed by atoms with van der Waals surface area (Å²) in [5, 5.41) is 4.17. The third-order valence-electron chi connectivity index (χ3n) is 3.63. The van der Waals surface area contributed by atoms with Gasteiger partial charge >= 0.3 is 0 Å². The van der Waals surface area contributed by atoms with Gasteiger partial charge in [-0.1, -0.05) is 23.2 Å². The summed E-state index contributed by atoms with van der Waals surface area (Å²) >= 11 is 11.9. The SMILES string of the molecule is O=CN1CCN(c2cc(Nc3ccc(Cl)c(Cl)c3)ncn2)CC1. The van der Waals surface area contributed by atoms with Crippen LogP contribution in [0.2, 0.25) is 10.0 Å². The van der Waals surface area contributed by atoms with Gasteiger partial charge in [0, 0.05) is 37.9 Å². The van der Waals surface area contributed by atoms with E-state index < -0.39 is 0 Å². The highest BCUT2D eigenvalue weighted by Crippen LogP contribution is 2.27. The highest BCUT2D eigenvalue weighted by molar-refractivity contribution is 6.42. The molecule has 1 saturated heterocycles. The second kappa shape index (κ2) is 7.02. The Hall–Kier alpha value is -2.05. The van der Waals surface area contributed by atoms with Crippen LogP contribution < -0.4 is 10.2 Å². The molecule has 0 aliphatic carbocycles. The molecule has 1 aromatic heterocycles. The number of halogens is 2. The van der Waals surface area contributed by atoms with Crippen molar-refractivity contribution < 1.29 is 4.79 Å². The van der Waals surface area contributed by atoms with Crippen molar-refractivity contribution in [1.82, 2.24) is 14.9 Å². The van der Waals surface area contributed by atoms with E-state index in [1.807, 2.05) is 12.1 Å². The largest absolute Gasteiger partial charge is 0.353 e. The van der Waals surface area contributed by atoms with Crippen LogP contribution in [-0.4, -0.2) is 47.5 Å². The van der Waals surface area contributed by atoms with Crippen LogP contribution in [0, 0.1) is 0 Å². The molecule has 1 fully saturated rings. The minimum Gasteiger partial charge on any atom is -0.353 e. The van der Waals surface area contributed by atoms with Gasteiger partial charge in [-0.05, 0) is 18.2 Å². The molecule has 0 spiro atoms. The number of rotatable bonds is 4. The number of carbonyl (C=O) groups is 1. The summed E-state index contributed by atoms with van der Waals surface area (Å²) in [6.45, 7) is 2.90. The molecule has 23 heavy (non-hydrogen) atoms. The first-order chi connectivity index (χ1) is 11.2. The van der Waals surface area contributed by atoms with Crippen molar-refractivity contribution in [3.05, 3.63) is 40.6 Å². The van der Waals surface area contributed by atoms with Crippen LogP contribution >= 0.6 is 23.2 Å². The maximum absolute atomic E-state index is 10.8. The number of hydrogen-bond donors (Lipinski definition) is 1. The lowest BCUT2D eigenvalue weighted by atomic mass is 10.3. The maximum atomic E-state index is 10.8. The molecule has 1 aliphatic heterocycles. The molecule has 3 rings (SSSR count). The first-order valence-electron chi connectivity index (χ1n) is 7.14. The van der Waals surface area contributed by atoms with E-state index in [0.29, 0.717) is 29.0 Å². The molecule has 2 heterocycles. The van der Waals surface area contributed by atoms with Crippen LogP contribution in [0.15, 0.2) is 30.6 Å². The fourth-order valence-electron chi connectivity index (χ4n) is 2.37. The van der Waals surface area contributed by atoms with E-state index in [9.17, 15) is 4.79 Å². The van der Waals surface area contributed by atoms with Crippen molar-refractivity contribution in [3.8, 4) is 0 Å². The standard InChI is InChI=1S/C15H15Cl2N5O/c16-12-2-1-11(7-13(12)17)20-14-8-15(19-9-18-14)22-5-3-21(10-23)4-6-22/h1-2,7-10H,3-6H2,(H,18,19,20). The highest BCUT2D eigenvalue weighted by atomic mass is 35.5. The molecule has 0 radical (unpaired) electrons. The zero-order chi connectivity index (χ0) is 16.2. The Bertz CT molecular complexity index is 704. The molecule has 1 N–H and O–H groups in total. The fourth-order valence-corrected chi connectivity index (χ4v) is 2.66. The van der Waals surface area contributed by atoms with Crippen LogP contribution in [-0.2, 0) is 4.79 Å². The Labute approximate surface area is 144 Å². The summed E-state index contributed by atoms with van der Waals surface area (Å²) < 4.78 is 0. The number of amides is 1. The van der Waals surface area contributed by atoms with E-state index in [1.165, 1.54) is 6.33 Å². The van der Waals surface area contributed by atoms with Gasteiger partial charge in [-0.3, -0.25) is 4.79 Å². The molecule has 6 nitrogen and oxygen atoms in total. The van der Waals surface area contributed by atoms with E-state index in [2.05, 4.69) is 20.2 Å². The van der Waals surface area contributed by atoms with Crippen LogP contribution in [0.25, 0.3) is 0 Å². The van der Waals surface area contributed by atoms with E-state index in [0.717, 1.165) is 31.0 Å². The number of hydrogen-bond acceptors (Lipinski definition) is 5. The summed E-state index contributed by atoms with van der Waals surface area (Å²) in [4.78, 5) is 23.2. The molecule has 0 saturated carbocycles. The second-order valence-corrected chi connectivity index (χ2v) is 5.96. The van der Waals surface area contributed by atoms with Gasteiger partial charge in [0.2, 0.25) is 6.41 Å². The average Bonchev–Trinajstić information content (AvgIpc) is 2.58. The van der Waals surface area contributed by atoms with Gasteiger partial charge in [-0.15, -0.1) is 0 Å². The van der Waals surface area contributed by atoms with Crippen LogP contribution in [0.5, 0.6) is 0 Å². The smallest absolute Gasteiger partial charge is 0.209 e. The Morgan fingerprint density at radius 3 is 2.52 bits per heavy atom. The van der Waals surface area contributed by atoms with Crippen LogP contribution in [0.3, 0.4) is 0 Å². The van der Waals surface area contributed by atoms with Crippen molar-refractivity contribution in [2.45, 2.75) is 0 Å². The number of aromatic nitrogens is 2. The molecule has 2 aromatic rings. The molecule has 1 aromatic carbocycles. The quantitative estimate of drug-likeness (QED) is 0.858. The Balaban J connectivity index is 1.72. The lowest BCUT2D eigenvalue weighted by Gasteiger charge is -2.33. The van der Waals surface area contributed by atoms with Gasteiger partial charge in [0.25, 0.3) is 0 Å². The third-order valence-corrected chi connectivity index (χ3v) is 4.37. The fraction of sp³-hybridized carbons (Fsp3) is 0.267.